The third-order valence-electron chi connectivity index (χ3n) is 13.4. The number of piperidine rings is 4. The number of ether oxygens (including phenoxy) is 2. The molecule has 4 atom stereocenters. The van der Waals surface area contributed by atoms with E-state index in [0.29, 0.717) is 50.6 Å². The summed E-state index contributed by atoms with van der Waals surface area (Å²) in [5.41, 5.74) is -1.51. The van der Waals surface area contributed by atoms with Crippen molar-refractivity contribution >= 4 is 35.6 Å². The topological polar surface area (TPSA) is 175 Å². The van der Waals surface area contributed by atoms with Crippen LogP contribution < -0.4 is 21.3 Å². The number of nitrogens with one attached hydrogen (secondary N) is 4. The summed E-state index contributed by atoms with van der Waals surface area (Å²) in [4.78, 5) is 74.4. The number of ketones is 2. The number of nitrogens with zero attached hydrogens (tertiary/aromatic N) is 2. The van der Waals surface area contributed by atoms with Crippen molar-refractivity contribution in [3.63, 3.8) is 0 Å². The van der Waals surface area contributed by atoms with Gasteiger partial charge in [0.15, 0.2) is 0 Å². The highest BCUT2D eigenvalue weighted by Crippen LogP contribution is 2.43. The fraction of sp³-hybridized carbons (Fsp3) is 0.870. The summed E-state index contributed by atoms with van der Waals surface area (Å²) < 4.78 is 10.8. The molecular weight excluding hydrogens is 765 g/mol. The van der Waals surface area contributed by atoms with Crippen molar-refractivity contribution in [2.75, 3.05) is 65.4 Å². The first-order valence-corrected chi connectivity index (χ1v) is 22.3. The van der Waals surface area contributed by atoms with E-state index in [1.807, 2.05) is 41.5 Å². The van der Waals surface area contributed by atoms with Crippen LogP contribution in [-0.2, 0) is 28.7 Å². The summed E-state index contributed by atoms with van der Waals surface area (Å²) >= 11 is 0. The molecule has 0 radical (unpaired) electrons. The van der Waals surface area contributed by atoms with Gasteiger partial charge in [-0.1, -0.05) is 14.9 Å². The van der Waals surface area contributed by atoms with Crippen LogP contribution in [0.25, 0.3) is 0 Å². The molecule has 6 saturated heterocycles. The largest absolute Gasteiger partial charge is 0.444 e. The van der Waals surface area contributed by atoms with Crippen molar-refractivity contribution in [1.29, 1.82) is 0 Å². The smallest absolute Gasteiger partial charge is 0.410 e. The predicted molar refractivity (Wildman–Crippen MR) is 234 cm³/mol. The number of likely N-dealkylation sites (tertiary alicyclic amines) is 2. The number of carbonyl (C=O) groups is 6. The van der Waals surface area contributed by atoms with Gasteiger partial charge in [-0.15, -0.1) is 0 Å². The summed E-state index contributed by atoms with van der Waals surface area (Å²) in [5, 5.41) is 12.4. The Hall–Kier alpha value is -3.26. The van der Waals surface area contributed by atoms with Gasteiger partial charge in [0.05, 0.1) is 10.8 Å². The fourth-order valence-corrected chi connectivity index (χ4v) is 10.3. The Bertz CT molecular complexity index is 1380. The molecular formula is C46H82N6O8. The first kappa shape index (κ1) is 51.1. The van der Waals surface area contributed by atoms with E-state index in [0.717, 1.165) is 129 Å². The second-order valence-electron chi connectivity index (χ2n) is 20.3. The zero-order valence-corrected chi connectivity index (χ0v) is 36.5. The summed E-state index contributed by atoms with van der Waals surface area (Å²) in [6, 6.07) is 0. The molecule has 4 spiro atoms. The Morgan fingerprint density at radius 3 is 1.12 bits per heavy atom. The second-order valence-corrected chi connectivity index (χ2v) is 20.3. The Labute approximate surface area is 361 Å². The standard InChI is InChI=1S/2C14H23NO3.2C8H14N2O.2CH4/c2*1-13(2,3)18-12(17)15-9-5-8-14(10-15)7-4-6-11(14)16;2*11-7-8(3-5-10-7)2-1-4-9-6-8;;/h2*4-10H2,1-3H3;2*9H,1-6H2,(H,10,11);2*1H4. The average Bonchev–Trinajstić information content (AvgIpc) is 3.91. The van der Waals surface area contributed by atoms with E-state index in [1.54, 1.807) is 9.80 Å². The van der Waals surface area contributed by atoms with E-state index in [1.165, 1.54) is 0 Å². The quantitative estimate of drug-likeness (QED) is 0.210. The van der Waals surface area contributed by atoms with Gasteiger partial charge in [-0.25, -0.2) is 9.59 Å². The molecule has 6 heterocycles. The van der Waals surface area contributed by atoms with Crippen LogP contribution in [0.2, 0.25) is 0 Å². The summed E-state index contributed by atoms with van der Waals surface area (Å²) in [7, 11) is 0. The lowest BCUT2D eigenvalue weighted by Crippen LogP contribution is -2.49. The van der Waals surface area contributed by atoms with Crippen LogP contribution in [0.15, 0.2) is 0 Å². The van der Waals surface area contributed by atoms with E-state index in [2.05, 4.69) is 21.3 Å². The van der Waals surface area contributed by atoms with E-state index in [-0.39, 0.29) is 60.5 Å². The lowest BCUT2D eigenvalue weighted by molar-refractivity contribution is -0.129. The van der Waals surface area contributed by atoms with Gasteiger partial charge in [0.2, 0.25) is 11.8 Å². The molecule has 60 heavy (non-hydrogen) atoms. The molecule has 4 N–H and O–H groups in total. The third-order valence-corrected chi connectivity index (χ3v) is 13.4. The van der Waals surface area contributed by atoms with Crippen LogP contribution in [0.5, 0.6) is 0 Å². The Morgan fingerprint density at radius 1 is 0.500 bits per heavy atom. The maximum atomic E-state index is 12.1. The molecule has 4 amide bonds. The second kappa shape index (κ2) is 21.2. The van der Waals surface area contributed by atoms with Crippen molar-refractivity contribution in [2.24, 2.45) is 21.7 Å². The van der Waals surface area contributed by atoms with Gasteiger partial charge in [-0.05, 0) is 145 Å². The molecule has 8 aliphatic rings. The molecule has 0 aromatic carbocycles. The summed E-state index contributed by atoms with van der Waals surface area (Å²) in [6.45, 7) is 19.4. The summed E-state index contributed by atoms with van der Waals surface area (Å²) in [6.07, 6.45) is 14.8. The van der Waals surface area contributed by atoms with Crippen molar-refractivity contribution in [3.05, 3.63) is 0 Å². The lowest BCUT2D eigenvalue weighted by Gasteiger charge is -2.39. The lowest BCUT2D eigenvalue weighted by atomic mass is 9.78. The van der Waals surface area contributed by atoms with Crippen molar-refractivity contribution in [2.45, 2.75) is 170 Å². The zero-order chi connectivity index (χ0) is 42.2. The SMILES string of the molecule is C.C.CC(C)(C)OC(=O)N1CCCC2(CCCC2=O)C1.CC(C)(C)OC(=O)N1CCCC2(CCCC2=O)C1.O=C1NCCC12CCCNC2.O=C1NCCC12CCCNC2. The first-order valence-electron chi connectivity index (χ1n) is 22.3. The Morgan fingerprint density at radius 2 is 0.850 bits per heavy atom. The van der Waals surface area contributed by atoms with E-state index in [9.17, 15) is 28.8 Å². The maximum Gasteiger partial charge on any atom is 0.410 e. The predicted octanol–water partition coefficient (Wildman–Crippen LogP) is 6.54. The molecule has 14 nitrogen and oxygen atoms in total. The minimum absolute atomic E-state index is 0. The first-order chi connectivity index (χ1) is 27.3. The molecule has 0 aromatic rings. The molecule has 14 heteroatoms. The molecule has 344 valence electrons. The highest BCUT2D eigenvalue weighted by Gasteiger charge is 2.48. The summed E-state index contributed by atoms with van der Waals surface area (Å²) in [5.74, 6) is 1.22. The van der Waals surface area contributed by atoms with Gasteiger partial charge < -0.3 is 40.5 Å². The Balaban J connectivity index is 0.000000216. The minimum atomic E-state index is -0.471. The van der Waals surface area contributed by atoms with Crippen molar-refractivity contribution < 1.29 is 38.2 Å². The third kappa shape index (κ3) is 12.9. The molecule has 0 aromatic heterocycles. The van der Waals surface area contributed by atoms with Crippen LogP contribution in [-0.4, -0.2) is 122 Å². The van der Waals surface area contributed by atoms with Crippen LogP contribution in [0.1, 0.15) is 159 Å². The van der Waals surface area contributed by atoms with Crippen molar-refractivity contribution in [3.8, 4) is 0 Å². The van der Waals surface area contributed by atoms with Crippen LogP contribution >= 0.6 is 0 Å². The van der Waals surface area contributed by atoms with Crippen LogP contribution in [0.3, 0.4) is 0 Å². The number of Topliss-reactive ketones (excluding diaryl/α,β-unsaturated/α-hetero) is 2. The molecule has 4 unspecified atom stereocenters. The van der Waals surface area contributed by atoms with Gasteiger partial charge in [0, 0.05) is 76.0 Å². The monoisotopic (exact) mass is 847 g/mol. The molecule has 8 fully saturated rings. The molecule has 2 aliphatic carbocycles. The van der Waals surface area contributed by atoms with Gasteiger partial charge in [-0.2, -0.15) is 0 Å². The van der Waals surface area contributed by atoms with Gasteiger partial charge in [0.1, 0.15) is 22.8 Å². The average molecular weight is 847 g/mol. The van der Waals surface area contributed by atoms with E-state index in [4.69, 9.17) is 9.47 Å². The van der Waals surface area contributed by atoms with Crippen LogP contribution in [0, 0.1) is 21.7 Å². The van der Waals surface area contributed by atoms with Crippen LogP contribution in [0.4, 0.5) is 9.59 Å². The Kier molecular flexibility index (Phi) is 18.1. The van der Waals surface area contributed by atoms with E-state index >= 15 is 0 Å². The molecule has 2 saturated carbocycles. The zero-order valence-electron chi connectivity index (χ0n) is 36.5. The molecule has 6 aliphatic heterocycles. The molecule has 8 rings (SSSR count). The van der Waals surface area contributed by atoms with Gasteiger partial charge in [0.25, 0.3) is 0 Å². The number of hydrogen-bond acceptors (Lipinski definition) is 10. The number of amides is 4. The number of hydrogen-bond donors (Lipinski definition) is 4. The molecule has 0 bridgehead atoms. The maximum absolute atomic E-state index is 12.1. The number of rotatable bonds is 0. The minimum Gasteiger partial charge on any atom is -0.444 e. The normalized spacial score (nSPS) is 31.1. The highest BCUT2D eigenvalue weighted by molar-refractivity contribution is 5.88. The highest BCUT2D eigenvalue weighted by atomic mass is 16.6. The fourth-order valence-electron chi connectivity index (χ4n) is 10.3. The van der Waals surface area contributed by atoms with Gasteiger partial charge in [-0.3, -0.25) is 19.2 Å². The van der Waals surface area contributed by atoms with E-state index < -0.39 is 11.2 Å². The number of carbonyl (C=O) groups excluding carboxylic acids is 6. The van der Waals surface area contributed by atoms with Crippen molar-refractivity contribution in [1.82, 2.24) is 31.1 Å². The van der Waals surface area contributed by atoms with Gasteiger partial charge >= 0.3 is 12.2 Å².